The first-order valence-electron chi connectivity index (χ1n) is 9.71. The molecule has 1 atom stereocenters. The minimum absolute atomic E-state index is 0.363. The second-order valence-corrected chi connectivity index (χ2v) is 8.13. The lowest BCUT2D eigenvalue weighted by Gasteiger charge is -2.38. The highest BCUT2D eigenvalue weighted by Gasteiger charge is 2.40. The van der Waals surface area contributed by atoms with Gasteiger partial charge >= 0.3 is 11.9 Å². The number of carbonyl (C=O) groups excluding carboxylic acids is 2. The number of rotatable bonds is 6. The van der Waals surface area contributed by atoms with Crippen molar-refractivity contribution in [3.05, 3.63) is 35.4 Å². The molecule has 0 saturated heterocycles. The highest BCUT2D eigenvalue weighted by atomic mass is 16.6. The summed E-state index contributed by atoms with van der Waals surface area (Å²) < 4.78 is 11.4. The summed E-state index contributed by atoms with van der Waals surface area (Å²) in [4.78, 5) is 25.0. The molecule has 4 heteroatoms. The number of benzene rings is 1. The molecule has 0 aromatic heterocycles. The van der Waals surface area contributed by atoms with Gasteiger partial charge in [0.05, 0.1) is 5.41 Å². The maximum Gasteiger partial charge on any atom is 0.348 e. The van der Waals surface area contributed by atoms with Crippen LogP contribution in [0.15, 0.2) is 24.3 Å². The molecule has 0 N–H and O–H groups in total. The molecule has 1 aliphatic rings. The van der Waals surface area contributed by atoms with Crippen LogP contribution in [-0.4, -0.2) is 18.0 Å². The van der Waals surface area contributed by atoms with Crippen LogP contribution in [0.2, 0.25) is 0 Å². The number of carbonyl (C=O) groups is 2. The molecular formula is C22H32O4. The Hall–Kier alpha value is -1.84. The summed E-state index contributed by atoms with van der Waals surface area (Å²) >= 11 is 0. The standard InChI is InChI=1S/C22H32O4/c1-6-21(4,5)20(24)25-17(3)19(23)26-22(13-8-7-9-14-22)18-12-10-11-16(2)15-18/h10-12,15,17H,6-9,13-14H2,1-5H3. The number of esters is 2. The number of hydrogen-bond acceptors (Lipinski definition) is 4. The Kier molecular flexibility index (Phi) is 6.48. The zero-order valence-electron chi connectivity index (χ0n) is 16.8. The molecule has 0 radical (unpaired) electrons. The molecular weight excluding hydrogens is 328 g/mol. The summed E-state index contributed by atoms with van der Waals surface area (Å²) in [5.74, 6) is -0.827. The zero-order chi connectivity index (χ0) is 19.4. The van der Waals surface area contributed by atoms with Crippen molar-refractivity contribution in [2.75, 3.05) is 0 Å². The molecule has 2 rings (SSSR count). The highest BCUT2D eigenvalue weighted by molar-refractivity contribution is 5.81. The van der Waals surface area contributed by atoms with Crippen LogP contribution in [0.5, 0.6) is 0 Å². The fourth-order valence-corrected chi connectivity index (χ4v) is 3.29. The van der Waals surface area contributed by atoms with Crippen LogP contribution < -0.4 is 0 Å². The molecule has 1 unspecified atom stereocenters. The lowest BCUT2D eigenvalue weighted by atomic mass is 9.79. The Labute approximate surface area is 157 Å². The summed E-state index contributed by atoms with van der Waals surface area (Å²) in [5.41, 5.74) is 0.973. The third-order valence-corrected chi connectivity index (χ3v) is 5.55. The summed E-state index contributed by atoms with van der Waals surface area (Å²) in [6, 6.07) is 8.17. The van der Waals surface area contributed by atoms with Gasteiger partial charge in [0.2, 0.25) is 0 Å². The van der Waals surface area contributed by atoms with Gasteiger partial charge in [0.15, 0.2) is 6.10 Å². The van der Waals surface area contributed by atoms with Crippen molar-refractivity contribution in [2.24, 2.45) is 5.41 Å². The lowest BCUT2D eigenvalue weighted by Crippen LogP contribution is -2.40. The fourth-order valence-electron chi connectivity index (χ4n) is 3.29. The van der Waals surface area contributed by atoms with E-state index in [-0.39, 0.29) is 5.97 Å². The van der Waals surface area contributed by atoms with E-state index in [1.165, 1.54) is 0 Å². The molecule has 1 fully saturated rings. The molecule has 144 valence electrons. The zero-order valence-corrected chi connectivity index (χ0v) is 16.8. The molecule has 26 heavy (non-hydrogen) atoms. The molecule has 0 aliphatic heterocycles. The molecule has 0 heterocycles. The Bertz CT molecular complexity index is 641. The van der Waals surface area contributed by atoms with Crippen molar-refractivity contribution in [2.45, 2.75) is 84.8 Å². The topological polar surface area (TPSA) is 52.6 Å². The van der Waals surface area contributed by atoms with Gasteiger partial charge < -0.3 is 9.47 Å². The van der Waals surface area contributed by atoms with Crippen LogP contribution in [-0.2, 0) is 24.7 Å². The van der Waals surface area contributed by atoms with Crippen LogP contribution in [0.25, 0.3) is 0 Å². The third-order valence-electron chi connectivity index (χ3n) is 5.55. The van der Waals surface area contributed by atoms with E-state index in [9.17, 15) is 9.59 Å². The molecule has 0 bridgehead atoms. The molecule has 1 aliphatic carbocycles. The monoisotopic (exact) mass is 360 g/mol. The van der Waals surface area contributed by atoms with Crippen LogP contribution in [0.1, 0.15) is 77.3 Å². The molecule has 1 saturated carbocycles. The fraction of sp³-hybridized carbons (Fsp3) is 0.636. The van der Waals surface area contributed by atoms with Gasteiger partial charge in [-0.15, -0.1) is 0 Å². The van der Waals surface area contributed by atoms with Crippen molar-refractivity contribution in [3.63, 3.8) is 0 Å². The minimum atomic E-state index is -0.906. The second-order valence-electron chi connectivity index (χ2n) is 8.13. The first kappa shape index (κ1) is 20.5. The van der Waals surface area contributed by atoms with Crippen molar-refractivity contribution in [3.8, 4) is 0 Å². The average Bonchev–Trinajstić information content (AvgIpc) is 2.62. The molecule has 1 aromatic carbocycles. The second kappa shape index (κ2) is 8.24. The van der Waals surface area contributed by atoms with E-state index in [4.69, 9.17) is 9.47 Å². The summed E-state index contributed by atoms with van der Waals surface area (Å²) in [6.45, 7) is 9.21. The van der Waals surface area contributed by atoms with E-state index in [1.54, 1.807) is 6.92 Å². The van der Waals surface area contributed by atoms with Crippen LogP contribution in [0, 0.1) is 12.3 Å². The number of ether oxygens (including phenoxy) is 2. The van der Waals surface area contributed by atoms with Crippen LogP contribution in [0.4, 0.5) is 0 Å². The van der Waals surface area contributed by atoms with Crippen molar-refractivity contribution < 1.29 is 19.1 Å². The largest absolute Gasteiger partial charge is 0.451 e. The lowest BCUT2D eigenvalue weighted by molar-refractivity contribution is -0.185. The van der Waals surface area contributed by atoms with Crippen molar-refractivity contribution >= 4 is 11.9 Å². The van der Waals surface area contributed by atoms with Gasteiger partial charge in [-0.2, -0.15) is 0 Å². The van der Waals surface area contributed by atoms with Crippen molar-refractivity contribution in [1.82, 2.24) is 0 Å². The maximum atomic E-state index is 12.7. The maximum absolute atomic E-state index is 12.7. The minimum Gasteiger partial charge on any atom is -0.451 e. The summed E-state index contributed by atoms with van der Waals surface area (Å²) in [5, 5.41) is 0. The predicted molar refractivity (Wildman–Crippen MR) is 102 cm³/mol. The molecule has 4 nitrogen and oxygen atoms in total. The third kappa shape index (κ3) is 4.66. The van der Waals surface area contributed by atoms with Gasteiger partial charge in [-0.05, 0) is 65.4 Å². The Morgan fingerprint density at radius 1 is 1.19 bits per heavy atom. The average molecular weight is 360 g/mol. The highest BCUT2D eigenvalue weighted by Crippen LogP contribution is 2.41. The van der Waals surface area contributed by atoms with Gasteiger partial charge in [-0.25, -0.2) is 4.79 Å². The Morgan fingerprint density at radius 3 is 2.42 bits per heavy atom. The van der Waals surface area contributed by atoms with E-state index in [2.05, 4.69) is 6.07 Å². The molecule has 1 aromatic rings. The number of aryl methyl sites for hydroxylation is 1. The van der Waals surface area contributed by atoms with Gasteiger partial charge in [-0.1, -0.05) is 43.2 Å². The van der Waals surface area contributed by atoms with E-state index in [0.29, 0.717) is 6.42 Å². The first-order valence-corrected chi connectivity index (χ1v) is 9.71. The summed E-state index contributed by atoms with van der Waals surface area (Å²) in [7, 11) is 0. The first-order chi connectivity index (χ1) is 12.2. The smallest absolute Gasteiger partial charge is 0.348 e. The van der Waals surface area contributed by atoms with E-state index in [0.717, 1.165) is 43.2 Å². The van der Waals surface area contributed by atoms with E-state index < -0.39 is 23.1 Å². The van der Waals surface area contributed by atoms with Crippen LogP contribution in [0.3, 0.4) is 0 Å². The Balaban J connectivity index is 2.15. The Morgan fingerprint density at radius 2 is 1.85 bits per heavy atom. The molecule has 0 amide bonds. The van der Waals surface area contributed by atoms with Gasteiger partial charge in [-0.3, -0.25) is 4.79 Å². The van der Waals surface area contributed by atoms with Crippen LogP contribution >= 0.6 is 0 Å². The van der Waals surface area contributed by atoms with Gasteiger partial charge in [0.25, 0.3) is 0 Å². The molecule has 0 spiro atoms. The van der Waals surface area contributed by atoms with E-state index in [1.807, 2.05) is 45.9 Å². The van der Waals surface area contributed by atoms with E-state index >= 15 is 0 Å². The summed E-state index contributed by atoms with van der Waals surface area (Å²) in [6.07, 6.45) is 4.57. The van der Waals surface area contributed by atoms with Gasteiger partial charge in [0.1, 0.15) is 5.60 Å². The normalized spacial score (nSPS) is 18.0. The number of hydrogen-bond donors (Lipinski definition) is 0. The van der Waals surface area contributed by atoms with Crippen molar-refractivity contribution in [1.29, 1.82) is 0 Å². The quantitative estimate of drug-likeness (QED) is 0.665. The SMILES string of the molecule is CCC(C)(C)C(=O)OC(C)C(=O)OC1(c2cccc(C)c2)CCCCC1. The van der Waals surface area contributed by atoms with Gasteiger partial charge in [0, 0.05) is 0 Å². The predicted octanol–water partition coefficient (Wildman–Crippen LogP) is 5.07.